The Morgan fingerprint density at radius 2 is 2.38 bits per heavy atom. The zero-order valence-electron chi connectivity index (χ0n) is 10.1. The fraction of sp³-hybridized carbons (Fsp3) is 0.583. The van der Waals surface area contributed by atoms with Crippen LogP contribution in [0.5, 0.6) is 0 Å². The van der Waals surface area contributed by atoms with Gasteiger partial charge in [-0.3, -0.25) is 4.99 Å². The molecule has 0 spiro atoms. The Kier molecular flexibility index (Phi) is 3.49. The highest BCUT2D eigenvalue weighted by Gasteiger charge is 2.33. The molecule has 3 nitrogen and oxygen atoms in total. The number of thiophene rings is 1. The maximum Gasteiger partial charge on any atom is 0.191 e. The van der Waals surface area contributed by atoms with Crippen molar-refractivity contribution in [3.05, 3.63) is 21.9 Å². The fourth-order valence-corrected chi connectivity index (χ4v) is 2.49. The molecule has 0 aliphatic heterocycles. The first-order valence-corrected chi connectivity index (χ1v) is 6.59. The lowest BCUT2D eigenvalue weighted by molar-refractivity contribution is 0.765. The Hall–Kier alpha value is -1.03. The quantitative estimate of drug-likeness (QED) is 0.624. The van der Waals surface area contributed by atoms with Crippen LogP contribution in [0.2, 0.25) is 0 Å². The Morgan fingerprint density at radius 3 is 2.88 bits per heavy atom. The standard InChI is InChI=1S/C12H19N3S/c1-8-4-5-16-11(8)7-14-12(13-3)15-10-6-9(10)2/h4-5,9-10H,6-7H2,1-3H3,(H2,13,14,15). The first-order chi connectivity index (χ1) is 7.70. The Labute approximate surface area is 101 Å². The van der Waals surface area contributed by atoms with Gasteiger partial charge in [-0.15, -0.1) is 11.3 Å². The number of nitrogens with one attached hydrogen (secondary N) is 2. The van der Waals surface area contributed by atoms with Gasteiger partial charge < -0.3 is 10.6 Å². The van der Waals surface area contributed by atoms with Crippen molar-refractivity contribution in [1.29, 1.82) is 0 Å². The predicted octanol–water partition coefficient (Wildman–Crippen LogP) is 2.13. The predicted molar refractivity (Wildman–Crippen MR) is 70.0 cm³/mol. The average molecular weight is 237 g/mol. The molecule has 4 heteroatoms. The molecule has 0 bridgehead atoms. The van der Waals surface area contributed by atoms with Crippen molar-refractivity contribution >= 4 is 17.3 Å². The normalized spacial score (nSPS) is 24.3. The van der Waals surface area contributed by atoms with Gasteiger partial charge in [0.15, 0.2) is 5.96 Å². The molecule has 0 aromatic carbocycles. The van der Waals surface area contributed by atoms with Gasteiger partial charge in [0.25, 0.3) is 0 Å². The van der Waals surface area contributed by atoms with Crippen LogP contribution >= 0.6 is 11.3 Å². The minimum Gasteiger partial charge on any atom is -0.353 e. The van der Waals surface area contributed by atoms with Crippen LogP contribution in [0.15, 0.2) is 16.4 Å². The highest BCUT2D eigenvalue weighted by molar-refractivity contribution is 7.10. The van der Waals surface area contributed by atoms with Crippen molar-refractivity contribution in [3.8, 4) is 0 Å². The maximum atomic E-state index is 4.23. The van der Waals surface area contributed by atoms with Crippen molar-refractivity contribution in [3.63, 3.8) is 0 Å². The van der Waals surface area contributed by atoms with Crippen molar-refractivity contribution in [2.75, 3.05) is 7.05 Å². The second-order valence-corrected chi connectivity index (χ2v) is 5.42. The smallest absolute Gasteiger partial charge is 0.191 e. The number of hydrogen-bond acceptors (Lipinski definition) is 2. The molecule has 1 heterocycles. The average Bonchev–Trinajstić information content (AvgIpc) is 2.79. The minimum absolute atomic E-state index is 0.621. The molecule has 1 aliphatic rings. The summed E-state index contributed by atoms with van der Waals surface area (Å²) >= 11 is 1.79. The molecule has 1 saturated carbocycles. The zero-order valence-corrected chi connectivity index (χ0v) is 10.9. The van der Waals surface area contributed by atoms with E-state index in [4.69, 9.17) is 0 Å². The van der Waals surface area contributed by atoms with E-state index in [9.17, 15) is 0 Å². The molecule has 88 valence electrons. The van der Waals surface area contributed by atoms with Gasteiger partial charge in [0.05, 0.1) is 6.54 Å². The van der Waals surface area contributed by atoms with E-state index in [1.54, 1.807) is 11.3 Å². The highest BCUT2D eigenvalue weighted by atomic mass is 32.1. The lowest BCUT2D eigenvalue weighted by atomic mass is 10.3. The van der Waals surface area contributed by atoms with Gasteiger partial charge in [-0.25, -0.2) is 0 Å². The van der Waals surface area contributed by atoms with Crippen LogP contribution in [-0.2, 0) is 6.54 Å². The molecule has 0 saturated heterocycles. The van der Waals surface area contributed by atoms with Crippen LogP contribution in [0.25, 0.3) is 0 Å². The summed E-state index contributed by atoms with van der Waals surface area (Å²) in [6.45, 7) is 5.27. The number of rotatable bonds is 3. The summed E-state index contributed by atoms with van der Waals surface area (Å²) in [4.78, 5) is 5.61. The summed E-state index contributed by atoms with van der Waals surface area (Å²) in [7, 11) is 1.82. The van der Waals surface area contributed by atoms with Gasteiger partial charge >= 0.3 is 0 Å². The molecule has 1 aromatic rings. The van der Waals surface area contributed by atoms with Gasteiger partial charge in [-0.1, -0.05) is 6.92 Å². The Morgan fingerprint density at radius 1 is 1.62 bits per heavy atom. The number of nitrogens with zero attached hydrogens (tertiary/aromatic N) is 1. The fourth-order valence-electron chi connectivity index (χ4n) is 1.64. The summed E-state index contributed by atoms with van der Waals surface area (Å²) in [6.07, 6.45) is 1.26. The molecular formula is C12H19N3S. The first kappa shape index (κ1) is 11.5. The minimum atomic E-state index is 0.621. The highest BCUT2D eigenvalue weighted by Crippen LogP contribution is 2.28. The SMILES string of the molecule is CN=C(NCc1sccc1C)NC1CC1C. The summed E-state index contributed by atoms with van der Waals surface area (Å²) in [6, 6.07) is 2.77. The van der Waals surface area contributed by atoms with Gasteiger partial charge in [0, 0.05) is 18.0 Å². The topological polar surface area (TPSA) is 36.4 Å². The third-order valence-corrected chi connectivity index (χ3v) is 4.06. The van der Waals surface area contributed by atoms with Crippen LogP contribution in [0.1, 0.15) is 23.8 Å². The van der Waals surface area contributed by atoms with E-state index < -0.39 is 0 Å². The van der Waals surface area contributed by atoms with Crippen LogP contribution in [0.3, 0.4) is 0 Å². The van der Waals surface area contributed by atoms with Crippen LogP contribution in [0, 0.1) is 12.8 Å². The number of hydrogen-bond donors (Lipinski definition) is 2. The monoisotopic (exact) mass is 237 g/mol. The van der Waals surface area contributed by atoms with E-state index in [-0.39, 0.29) is 0 Å². The van der Waals surface area contributed by atoms with Crippen LogP contribution in [0.4, 0.5) is 0 Å². The summed E-state index contributed by atoms with van der Waals surface area (Å²) in [5.74, 6) is 1.71. The molecule has 1 aliphatic carbocycles. The Bertz CT molecular complexity index is 383. The molecule has 16 heavy (non-hydrogen) atoms. The lowest BCUT2D eigenvalue weighted by Crippen LogP contribution is -2.38. The largest absolute Gasteiger partial charge is 0.353 e. The molecule has 1 aromatic heterocycles. The number of guanidine groups is 1. The second-order valence-electron chi connectivity index (χ2n) is 4.42. The maximum absolute atomic E-state index is 4.23. The van der Waals surface area contributed by atoms with Crippen molar-refractivity contribution < 1.29 is 0 Å². The van der Waals surface area contributed by atoms with E-state index in [1.165, 1.54) is 16.9 Å². The number of aliphatic imine (C=N–C) groups is 1. The Balaban J connectivity index is 1.81. The summed E-state index contributed by atoms with van der Waals surface area (Å²) in [5, 5.41) is 8.90. The van der Waals surface area contributed by atoms with Crippen molar-refractivity contribution in [1.82, 2.24) is 10.6 Å². The molecule has 2 unspecified atom stereocenters. The van der Waals surface area contributed by atoms with E-state index >= 15 is 0 Å². The van der Waals surface area contributed by atoms with E-state index in [1.807, 2.05) is 7.05 Å². The van der Waals surface area contributed by atoms with Crippen LogP contribution < -0.4 is 10.6 Å². The first-order valence-electron chi connectivity index (χ1n) is 5.71. The van der Waals surface area contributed by atoms with Gasteiger partial charge in [-0.2, -0.15) is 0 Å². The molecular weight excluding hydrogens is 218 g/mol. The second kappa shape index (κ2) is 4.87. The summed E-state index contributed by atoms with van der Waals surface area (Å²) < 4.78 is 0. The van der Waals surface area contributed by atoms with E-state index in [2.05, 4.69) is 40.9 Å². The van der Waals surface area contributed by atoms with Gasteiger partial charge in [0.1, 0.15) is 0 Å². The lowest BCUT2D eigenvalue weighted by Gasteiger charge is -2.11. The third kappa shape index (κ3) is 2.76. The molecule has 2 N–H and O–H groups in total. The van der Waals surface area contributed by atoms with E-state index in [0.717, 1.165) is 18.4 Å². The van der Waals surface area contributed by atoms with Gasteiger partial charge in [-0.05, 0) is 36.3 Å². The third-order valence-electron chi connectivity index (χ3n) is 3.04. The van der Waals surface area contributed by atoms with Gasteiger partial charge in [0.2, 0.25) is 0 Å². The molecule has 1 fully saturated rings. The van der Waals surface area contributed by atoms with Crippen LogP contribution in [-0.4, -0.2) is 19.0 Å². The molecule has 0 amide bonds. The summed E-state index contributed by atoms with van der Waals surface area (Å²) in [5.41, 5.74) is 1.35. The molecule has 2 rings (SSSR count). The van der Waals surface area contributed by atoms with Crippen molar-refractivity contribution in [2.45, 2.75) is 32.9 Å². The number of aryl methyl sites for hydroxylation is 1. The van der Waals surface area contributed by atoms with Crippen molar-refractivity contribution in [2.24, 2.45) is 10.9 Å². The molecule has 0 radical (unpaired) electrons. The zero-order chi connectivity index (χ0) is 11.5. The molecule has 2 atom stereocenters. The van der Waals surface area contributed by atoms with E-state index in [0.29, 0.717) is 6.04 Å².